The molecule has 0 saturated heterocycles. The van der Waals surface area contributed by atoms with E-state index in [0.29, 0.717) is 12.6 Å². The predicted molar refractivity (Wildman–Crippen MR) is 71.5 cm³/mol. The lowest BCUT2D eigenvalue weighted by Gasteiger charge is -2.43. The molecule has 1 aliphatic heterocycles. The van der Waals surface area contributed by atoms with Crippen molar-refractivity contribution in [2.75, 3.05) is 11.4 Å². The van der Waals surface area contributed by atoms with Crippen LogP contribution in [0, 0.1) is 0 Å². The molecule has 0 amide bonds. The molecule has 1 heterocycles. The molecule has 94 valence electrons. The van der Waals surface area contributed by atoms with E-state index >= 15 is 0 Å². The van der Waals surface area contributed by atoms with Crippen LogP contribution in [0.2, 0.25) is 0 Å². The number of ether oxygens (including phenoxy) is 1. The molecule has 3 heteroatoms. The Kier molecular flexibility index (Phi) is 3.04. The summed E-state index contributed by atoms with van der Waals surface area (Å²) in [7, 11) is 0. The maximum absolute atomic E-state index is 6.04. The molecule has 0 atom stereocenters. The molecular weight excluding hydrogens is 212 g/mol. The molecule has 0 bridgehead atoms. The van der Waals surface area contributed by atoms with Crippen LogP contribution in [0.5, 0.6) is 5.75 Å². The molecule has 1 aliphatic rings. The van der Waals surface area contributed by atoms with Gasteiger partial charge in [-0.2, -0.15) is 0 Å². The Morgan fingerprint density at radius 2 is 2.12 bits per heavy atom. The summed E-state index contributed by atoms with van der Waals surface area (Å²) >= 11 is 0. The van der Waals surface area contributed by atoms with Gasteiger partial charge in [0.2, 0.25) is 0 Å². The van der Waals surface area contributed by atoms with Crippen molar-refractivity contribution < 1.29 is 4.74 Å². The summed E-state index contributed by atoms with van der Waals surface area (Å²) in [5.41, 5.74) is 7.82. The Bertz CT molecular complexity index is 413. The lowest BCUT2D eigenvalue weighted by Crippen LogP contribution is -2.49. The highest BCUT2D eigenvalue weighted by molar-refractivity contribution is 5.62. The number of rotatable bonds is 2. The van der Waals surface area contributed by atoms with E-state index in [2.05, 4.69) is 50.8 Å². The first-order valence-corrected chi connectivity index (χ1v) is 6.21. The quantitative estimate of drug-likeness (QED) is 0.854. The zero-order chi connectivity index (χ0) is 12.6. The second-order valence-corrected chi connectivity index (χ2v) is 5.59. The zero-order valence-corrected chi connectivity index (χ0v) is 11.2. The van der Waals surface area contributed by atoms with Gasteiger partial charge in [-0.15, -0.1) is 0 Å². The van der Waals surface area contributed by atoms with Crippen LogP contribution in [0.3, 0.4) is 0 Å². The van der Waals surface area contributed by atoms with E-state index in [0.717, 1.165) is 17.9 Å². The van der Waals surface area contributed by atoms with Gasteiger partial charge in [-0.05, 0) is 45.4 Å². The standard InChI is InChI=1S/C14H22N2O/c1-10(2)16-9-14(3,4)17-13-7-11(8-15)5-6-12(13)16/h5-7,10H,8-9,15H2,1-4H3. The van der Waals surface area contributed by atoms with Crippen molar-refractivity contribution in [3.8, 4) is 5.75 Å². The Labute approximate surface area is 104 Å². The SMILES string of the molecule is CC(C)N1CC(C)(C)Oc2cc(CN)ccc21. The Hall–Kier alpha value is -1.22. The van der Waals surface area contributed by atoms with E-state index in [1.54, 1.807) is 0 Å². The topological polar surface area (TPSA) is 38.5 Å². The van der Waals surface area contributed by atoms with Crippen molar-refractivity contribution in [3.63, 3.8) is 0 Å². The summed E-state index contributed by atoms with van der Waals surface area (Å²) in [6, 6.07) is 6.73. The lowest BCUT2D eigenvalue weighted by molar-refractivity contribution is 0.102. The third-order valence-electron chi connectivity index (χ3n) is 3.13. The first kappa shape index (κ1) is 12.2. The van der Waals surface area contributed by atoms with Gasteiger partial charge in [0, 0.05) is 12.6 Å². The van der Waals surface area contributed by atoms with E-state index in [9.17, 15) is 0 Å². The molecule has 2 N–H and O–H groups in total. The lowest BCUT2D eigenvalue weighted by atomic mass is 10.0. The van der Waals surface area contributed by atoms with Gasteiger partial charge in [0.05, 0.1) is 12.2 Å². The molecule has 1 aromatic rings. The summed E-state index contributed by atoms with van der Waals surface area (Å²) in [5.74, 6) is 0.956. The van der Waals surface area contributed by atoms with Crippen LogP contribution < -0.4 is 15.4 Å². The zero-order valence-electron chi connectivity index (χ0n) is 11.2. The summed E-state index contributed by atoms with van der Waals surface area (Å²) in [6.45, 7) is 10.1. The van der Waals surface area contributed by atoms with Gasteiger partial charge in [-0.1, -0.05) is 6.07 Å². The number of benzene rings is 1. The van der Waals surface area contributed by atoms with Crippen LogP contribution >= 0.6 is 0 Å². The fourth-order valence-electron chi connectivity index (χ4n) is 2.29. The molecule has 0 fully saturated rings. The second-order valence-electron chi connectivity index (χ2n) is 5.59. The molecule has 0 saturated carbocycles. The van der Waals surface area contributed by atoms with Crippen LogP contribution in [0.1, 0.15) is 33.3 Å². The summed E-state index contributed by atoms with van der Waals surface area (Å²) in [6.07, 6.45) is 0. The number of hydrogen-bond acceptors (Lipinski definition) is 3. The van der Waals surface area contributed by atoms with Crippen molar-refractivity contribution in [3.05, 3.63) is 23.8 Å². The number of fused-ring (bicyclic) bond motifs is 1. The van der Waals surface area contributed by atoms with Crippen molar-refractivity contribution >= 4 is 5.69 Å². The fourth-order valence-corrected chi connectivity index (χ4v) is 2.29. The van der Waals surface area contributed by atoms with Gasteiger partial charge in [-0.3, -0.25) is 0 Å². The van der Waals surface area contributed by atoms with E-state index < -0.39 is 0 Å². The molecular formula is C14H22N2O. The highest BCUT2D eigenvalue weighted by Crippen LogP contribution is 2.38. The maximum atomic E-state index is 6.04. The molecule has 1 aromatic carbocycles. The van der Waals surface area contributed by atoms with Crippen molar-refractivity contribution in [2.24, 2.45) is 5.73 Å². The molecule has 0 spiro atoms. The van der Waals surface area contributed by atoms with Gasteiger partial charge in [0.25, 0.3) is 0 Å². The normalized spacial score (nSPS) is 17.9. The monoisotopic (exact) mass is 234 g/mol. The average molecular weight is 234 g/mol. The van der Waals surface area contributed by atoms with E-state index in [4.69, 9.17) is 10.5 Å². The number of hydrogen-bond donors (Lipinski definition) is 1. The summed E-state index contributed by atoms with van der Waals surface area (Å²) < 4.78 is 6.04. The number of anilines is 1. The van der Waals surface area contributed by atoms with Crippen LogP contribution in [-0.2, 0) is 6.54 Å². The molecule has 0 aromatic heterocycles. The van der Waals surface area contributed by atoms with Gasteiger partial charge >= 0.3 is 0 Å². The van der Waals surface area contributed by atoms with Crippen molar-refractivity contribution in [1.82, 2.24) is 0 Å². The van der Waals surface area contributed by atoms with E-state index in [1.807, 2.05) is 0 Å². The predicted octanol–water partition coefficient (Wildman–Crippen LogP) is 2.53. The molecule has 3 nitrogen and oxygen atoms in total. The van der Waals surface area contributed by atoms with Gasteiger partial charge < -0.3 is 15.4 Å². The smallest absolute Gasteiger partial charge is 0.143 e. The Morgan fingerprint density at radius 1 is 1.41 bits per heavy atom. The summed E-state index contributed by atoms with van der Waals surface area (Å²) in [5, 5.41) is 0. The van der Waals surface area contributed by atoms with Crippen LogP contribution in [0.4, 0.5) is 5.69 Å². The molecule has 0 aliphatic carbocycles. The van der Waals surface area contributed by atoms with E-state index in [1.165, 1.54) is 5.69 Å². The first-order valence-electron chi connectivity index (χ1n) is 6.21. The third-order valence-corrected chi connectivity index (χ3v) is 3.13. The largest absolute Gasteiger partial charge is 0.484 e. The minimum absolute atomic E-state index is 0.148. The average Bonchev–Trinajstić information content (AvgIpc) is 2.25. The summed E-state index contributed by atoms with van der Waals surface area (Å²) in [4.78, 5) is 2.39. The van der Waals surface area contributed by atoms with Crippen LogP contribution in [-0.4, -0.2) is 18.2 Å². The minimum atomic E-state index is -0.148. The Morgan fingerprint density at radius 3 is 2.71 bits per heavy atom. The highest BCUT2D eigenvalue weighted by Gasteiger charge is 2.32. The molecule has 2 rings (SSSR count). The van der Waals surface area contributed by atoms with Crippen molar-refractivity contribution in [1.29, 1.82) is 0 Å². The van der Waals surface area contributed by atoms with E-state index in [-0.39, 0.29) is 5.60 Å². The third kappa shape index (κ3) is 2.39. The number of nitrogens with zero attached hydrogens (tertiary/aromatic N) is 1. The maximum Gasteiger partial charge on any atom is 0.143 e. The Balaban J connectivity index is 2.44. The van der Waals surface area contributed by atoms with Crippen LogP contribution in [0.25, 0.3) is 0 Å². The van der Waals surface area contributed by atoms with Gasteiger partial charge in [0.15, 0.2) is 0 Å². The van der Waals surface area contributed by atoms with Gasteiger partial charge in [-0.25, -0.2) is 0 Å². The molecule has 17 heavy (non-hydrogen) atoms. The van der Waals surface area contributed by atoms with Crippen molar-refractivity contribution in [2.45, 2.75) is 45.9 Å². The van der Waals surface area contributed by atoms with Gasteiger partial charge in [0.1, 0.15) is 11.4 Å². The minimum Gasteiger partial charge on any atom is -0.484 e. The molecule has 0 radical (unpaired) electrons. The first-order chi connectivity index (χ1) is 7.93. The highest BCUT2D eigenvalue weighted by atomic mass is 16.5. The van der Waals surface area contributed by atoms with Crippen LogP contribution in [0.15, 0.2) is 18.2 Å². The second kappa shape index (κ2) is 4.22. The fraction of sp³-hybridized carbons (Fsp3) is 0.571. The molecule has 0 unspecified atom stereocenters. The number of nitrogens with two attached hydrogens (primary N) is 1.